The number of oxime groups is 1. The van der Waals surface area contributed by atoms with Gasteiger partial charge in [0.2, 0.25) is 5.43 Å². The molecule has 35 heavy (non-hydrogen) atoms. The molecule has 3 aliphatic heterocycles. The van der Waals surface area contributed by atoms with Crippen molar-refractivity contribution >= 4 is 28.0 Å². The number of hydrogen-bond donors (Lipinski definition) is 5. The minimum atomic E-state index is -4.90. The zero-order chi connectivity index (χ0) is 25.3. The van der Waals surface area contributed by atoms with Gasteiger partial charge in [-0.3, -0.25) is 19.0 Å². The number of nitrogens with one attached hydrogen (secondary N) is 2. The number of hydroxylamine groups is 3. The largest absolute Gasteiger partial charge is 0.503 e. The van der Waals surface area contributed by atoms with Crippen molar-refractivity contribution in [1.82, 2.24) is 25.5 Å². The van der Waals surface area contributed by atoms with Gasteiger partial charge < -0.3 is 25.4 Å². The lowest BCUT2D eigenvalue weighted by molar-refractivity contribution is -0.140. The van der Waals surface area contributed by atoms with Crippen LogP contribution in [-0.4, -0.2) is 93.4 Å². The van der Waals surface area contributed by atoms with Gasteiger partial charge in [-0.1, -0.05) is 5.16 Å². The Balaban J connectivity index is 1.31. The molecule has 3 amide bonds. The van der Waals surface area contributed by atoms with Gasteiger partial charge in [0, 0.05) is 25.7 Å². The molecular formula is C17H22N6O11S. The topological polar surface area (TPSA) is 222 Å². The van der Waals surface area contributed by atoms with Gasteiger partial charge in [0.25, 0.3) is 5.91 Å². The summed E-state index contributed by atoms with van der Waals surface area (Å²) >= 11 is 0. The first-order valence-corrected chi connectivity index (χ1v) is 11.7. The molecule has 0 radical (unpaired) electrons. The molecule has 3 saturated heterocycles. The van der Waals surface area contributed by atoms with E-state index in [9.17, 15) is 33.1 Å². The summed E-state index contributed by atoms with van der Waals surface area (Å²) in [4.78, 5) is 48.2. The maximum Gasteiger partial charge on any atom is 0.418 e. The number of pyridine rings is 1. The van der Waals surface area contributed by atoms with E-state index >= 15 is 0 Å². The van der Waals surface area contributed by atoms with E-state index in [2.05, 4.69) is 20.2 Å². The second-order valence-electron chi connectivity index (χ2n) is 7.93. The van der Waals surface area contributed by atoms with Crippen molar-refractivity contribution in [3.63, 3.8) is 0 Å². The second kappa shape index (κ2) is 9.66. The van der Waals surface area contributed by atoms with Crippen LogP contribution >= 0.6 is 0 Å². The van der Waals surface area contributed by atoms with E-state index in [0.717, 1.165) is 17.2 Å². The number of amides is 3. The van der Waals surface area contributed by atoms with Crippen LogP contribution in [0.5, 0.6) is 5.75 Å². The van der Waals surface area contributed by atoms with Crippen molar-refractivity contribution in [2.24, 2.45) is 5.16 Å². The number of hydrogen-bond acceptors (Lipinski definition) is 12. The summed E-state index contributed by atoms with van der Waals surface area (Å²) in [6.07, 6.45) is 0.563. The van der Waals surface area contributed by atoms with Crippen LogP contribution in [0.3, 0.4) is 0 Å². The SMILES string of the molecule is O=C(NOC1CNC/C1=N\OCc1cc(=O)c(O)cn1O)[C@@H]1CC[C@@H]2CN1C(=O)N2OS(=O)(=O)O. The number of aromatic hydroxyl groups is 1. The number of aromatic nitrogens is 1. The number of carbonyl (C=O) groups excluding carboxylic acids is 2. The third-order valence-corrected chi connectivity index (χ3v) is 5.94. The number of piperidine rings is 1. The highest BCUT2D eigenvalue weighted by molar-refractivity contribution is 7.80. The molecule has 4 heterocycles. The van der Waals surface area contributed by atoms with Gasteiger partial charge in [0.05, 0.1) is 12.2 Å². The molecule has 0 saturated carbocycles. The van der Waals surface area contributed by atoms with Gasteiger partial charge in [0.15, 0.2) is 12.4 Å². The van der Waals surface area contributed by atoms with Crippen LogP contribution in [-0.2, 0) is 35.8 Å². The lowest BCUT2D eigenvalue weighted by atomic mass is 10.0. The van der Waals surface area contributed by atoms with Gasteiger partial charge in [0.1, 0.15) is 23.6 Å². The Kier molecular flexibility index (Phi) is 6.81. The minimum Gasteiger partial charge on any atom is -0.503 e. The van der Waals surface area contributed by atoms with Gasteiger partial charge in [-0.15, -0.1) is 4.28 Å². The van der Waals surface area contributed by atoms with Crippen LogP contribution in [0.25, 0.3) is 0 Å². The third-order valence-electron chi connectivity index (χ3n) is 5.59. The van der Waals surface area contributed by atoms with Crippen LogP contribution < -0.4 is 16.2 Å². The molecule has 5 N–H and O–H groups in total. The normalized spacial score (nSPS) is 25.3. The van der Waals surface area contributed by atoms with E-state index in [1.165, 1.54) is 0 Å². The lowest BCUT2D eigenvalue weighted by Gasteiger charge is -2.29. The van der Waals surface area contributed by atoms with E-state index < -0.39 is 51.7 Å². The van der Waals surface area contributed by atoms with Gasteiger partial charge in [-0.25, -0.2) is 10.3 Å². The van der Waals surface area contributed by atoms with E-state index in [-0.39, 0.29) is 44.8 Å². The number of urea groups is 1. The van der Waals surface area contributed by atoms with Crippen molar-refractivity contribution in [2.75, 3.05) is 19.6 Å². The monoisotopic (exact) mass is 518 g/mol. The molecule has 1 aromatic rings. The molecule has 3 atom stereocenters. The second-order valence-corrected chi connectivity index (χ2v) is 8.93. The number of rotatable bonds is 8. The summed E-state index contributed by atoms with van der Waals surface area (Å²) in [6.45, 7) is 0.277. The smallest absolute Gasteiger partial charge is 0.418 e. The Hall–Kier alpha value is -3.45. The quantitative estimate of drug-likeness (QED) is 0.139. The Morgan fingerprint density at radius 1 is 1.31 bits per heavy atom. The molecule has 0 aliphatic carbocycles. The van der Waals surface area contributed by atoms with Crippen molar-refractivity contribution in [3.8, 4) is 5.75 Å². The predicted octanol–water partition coefficient (Wildman–Crippen LogP) is -2.31. The van der Waals surface area contributed by atoms with Crippen LogP contribution in [0, 0.1) is 0 Å². The average molecular weight is 518 g/mol. The predicted molar refractivity (Wildman–Crippen MR) is 111 cm³/mol. The van der Waals surface area contributed by atoms with Crippen LogP contribution in [0.15, 0.2) is 22.2 Å². The summed E-state index contributed by atoms with van der Waals surface area (Å²) in [7, 11) is -4.90. The summed E-state index contributed by atoms with van der Waals surface area (Å²) in [5.74, 6) is -1.28. The molecular weight excluding hydrogens is 496 g/mol. The molecule has 1 unspecified atom stereocenters. The van der Waals surface area contributed by atoms with Gasteiger partial charge in [-0.05, 0) is 12.8 Å². The molecule has 4 rings (SSSR count). The third kappa shape index (κ3) is 5.46. The zero-order valence-electron chi connectivity index (χ0n) is 17.9. The van der Waals surface area contributed by atoms with Crippen molar-refractivity contribution in [2.45, 2.75) is 37.6 Å². The Morgan fingerprint density at radius 2 is 2.09 bits per heavy atom. The van der Waals surface area contributed by atoms with Gasteiger partial charge in [-0.2, -0.15) is 18.2 Å². The fourth-order valence-corrected chi connectivity index (χ4v) is 4.30. The summed E-state index contributed by atoms with van der Waals surface area (Å²) in [5.41, 5.74) is 1.97. The summed E-state index contributed by atoms with van der Waals surface area (Å²) < 4.78 is 35.6. The van der Waals surface area contributed by atoms with E-state index in [1.54, 1.807) is 0 Å². The maximum absolute atomic E-state index is 12.7. The highest BCUT2D eigenvalue weighted by Gasteiger charge is 2.49. The van der Waals surface area contributed by atoms with E-state index in [0.29, 0.717) is 15.5 Å². The minimum absolute atomic E-state index is 0.0329. The molecule has 0 aromatic carbocycles. The molecule has 3 aliphatic rings. The fraction of sp³-hybridized carbons (Fsp3) is 0.529. The van der Waals surface area contributed by atoms with E-state index in [1.807, 2.05) is 0 Å². The molecule has 3 fully saturated rings. The van der Waals surface area contributed by atoms with Crippen molar-refractivity contribution in [1.29, 1.82) is 0 Å². The standard InChI is InChI=1S/C17H22N6O11S/c24-13-3-10(22(28)7-14(13)25)8-32-19-11-4-18-5-15(11)33-20-16(26)12-2-1-9-6-21(12)17(27)23(9)34-35(29,30)31/h3,7,9,12,15,18,25,28H,1-2,4-6,8H2,(H,20,26)(H,29,30,31)/b19-11+/t9-,12+,15?/m1/s1. The maximum atomic E-state index is 12.7. The fourth-order valence-electron chi connectivity index (χ4n) is 3.91. The molecule has 18 heteroatoms. The summed E-state index contributed by atoms with van der Waals surface area (Å²) in [5, 5.41) is 26.4. The average Bonchev–Trinajstić information content (AvgIpc) is 3.33. The van der Waals surface area contributed by atoms with Crippen LogP contribution in [0.2, 0.25) is 0 Å². The molecule has 1 aromatic heterocycles. The van der Waals surface area contributed by atoms with Crippen LogP contribution in [0.4, 0.5) is 4.79 Å². The molecule has 2 bridgehead atoms. The van der Waals surface area contributed by atoms with Crippen molar-refractivity contribution < 1.29 is 46.8 Å². The van der Waals surface area contributed by atoms with E-state index in [4.69, 9.17) is 14.2 Å². The first-order valence-electron chi connectivity index (χ1n) is 10.3. The Morgan fingerprint density at radius 3 is 2.83 bits per heavy atom. The first kappa shape index (κ1) is 24.7. The highest BCUT2D eigenvalue weighted by Crippen LogP contribution is 2.30. The van der Waals surface area contributed by atoms with Crippen molar-refractivity contribution in [3.05, 3.63) is 28.2 Å². The number of fused-ring (bicyclic) bond motifs is 2. The molecule has 0 spiro atoms. The van der Waals surface area contributed by atoms with Gasteiger partial charge >= 0.3 is 16.4 Å². The van der Waals surface area contributed by atoms with Crippen LogP contribution in [0.1, 0.15) is 18.5 Å². The lowest BCUT2D eigenvalue weighted by Crippen LogP contribution is -2.50. The number of carbonyl (C=O) groups is 2. The molecule has 192 valence electrons. The zero-order valence-corrected chi connectivity index (χ0v) is 18.8. The first-order chi connectivity index (χ1) is 16.5. The molecule has 17 nitrogen and oxygen atoms in total. The highest BCUT2D eigenvalue weighted by atomic mass is 32.3. The number of nitrogens with zero attached hydrogens (tertiary/aromatic N) is 4. The Bertz CT molecular complexity index is 1200. The Labute approximate surface area is 197 Å². The summed E-state index contributed by atoms with van der Waals surface area (Å²) in [6, 6.07) is -1.48.